The third-order valence-corrected chi connectivity index (χ3v) is 10.9. The van der Waals surface area contributed by atoms with Crippen molar-refractivity contribution in [3.05, 3.63) is 166 Å². The first-order valence-electron chi connectivity index (χ1n) is 27.4. The van der Waals surface area contributed by atoms with Gasteiger partial charge in [0.25, 0.3) is 0 Å². The number of hydrogen-bond donors (Lipinski definition) is 1. The summed E-state index contributed by atoms with van der Waals surface area (Å²) in [4.78, 5) is 9.67. The Morgan fingerprint density at radius 2 is 1.40 bits per heavy atom. The van der Waals surface area contributed by atoms with Crippen molar-refractivity contribution in [3.63, 3.8) is 0 Å². The molecule has 0 unspecified atom stereocenters. The Morgan fingerprint density at radius 3 is 2.08 bits per heavy atom. The Morgan fingerprint density at radius 1 is 0.683 bits per heavy atom. The van der Waals surface area contributed by atoms with Gasteiger partial charge < -0.3 is 5.11 Å². The second kappa shape index (κ2) is 15.7. The van der Waals surface area contributed by atoms with Gasteiger partial charge in [-0.2, -0.15) is 0 Å². The SMILES string of the molecule is [2H]c1nc(-c2cc(-c3cccc4c3nc(-c3cc(C)cc(C)c3O)n4-c3ccc(-c4c(C([2H])(C)C)cccc4C([2H])(C)C)cc3C([2H])([2H])[2H])cc(C(C)(C)C)c2)c([2H])c(-c2c([2H])c([2H])c(C([2H])([2H])[2H])c([2H])c2[2H])c1[2H]. The molecule has 4 nitrogen and oxygen atoms in total. The standard InChI is InChI=1S/C56H57N3O/c1-33(2)45-14-12-15-46(34(3)4)52(45)41-22-23-50(37(7)28-41)59-51-17-13-16-47(53(51)58-55(59)48-27-36(6)26-38(8)54(48)60)42-29-43(31-44(30-42)56(9,10)11)49-32-40(24-25-57-49)39-20-18-35(5)19-21-39/h12-34,60H,1-11H3/i5D3,7D3,18D,19D,20D,21D,24D,25D,32D,33D,34D. The lowest BCUT2D eigenvalue weighted by atomic mass is 9.83. The number of aryl methyl sites for hydroxylation is 3. The number of aromatic hydroxyl groups is 1. The lowest BCUT2D eigenvalue weighted by molar-refractivity contribution is 0.472. The van der Waals surface area contributed by atoms with E-state index in [-0.39, 0.29) is 28.5 Å². The van der Waals surface area contributed by atoms with Crippen LogP contribution in [0, 0.1) is 27.6 Å². The average Bonchev–Trinajstić information content (AvgIpc) is 3.69. The number of nitrogens with zero attached hydrogens (tertiary/aromatic N) is 3. The minimum atomic E-state index is -3.00. The largest absolute Gasteiger partial charge is 0.507 e. The van der Waals surface area contributed by atoms with Crippen LogP contribution in [0.15, 0.2) is 127 Å². The van der Waals surface area contributed by atoms with Crippen molar-refractivity contribution in [2.75, 3.05) is 0 Å². The zero-order valence-corrected chi connectivity index (χ0v) is 35.4. The van der Waals surface area contributed by atoms with Crippen molar-refractivity contribution in [1.82, 2.24) is 14.5 Å². The van der Waals surface area contributed by atoms with E-state index in [1.165, 1.54) is 0 Å². The number of pyridine rings is 1. The minimum Gasteiger partial charge on any atom is -0.507 e. The highest BCUT2D eigenvalue weighted by Gasteiger charge is 2.24. The molecule has 2 heterocycles. The Balaban J connectivity index is 1.45. The molecule has 0 aliphatic rings. The molecule has 0 amide bonds. The van der Waals surface area contributed by atoms with E-state index in [2.05, 4.69) is 4.98 Å². The highest BCUT2D eigenvalue weighted by molar-refractivity contribution is 5.97. The second-order valence-electron chi connectivity index (χ2n) is 16.9. The summed E-state index contributed by atoms with van der Waals surface area (Å²) in [6.45, 7) is 10.8. The number of benzene rings is 6. The second-order valence-corrected chi connectivity index (χ2v) is 16.9. The van der Waals surface area contributed by atoms with E-state index in [9.17, 15) is 6.48 Å². The number of hydrogen-bond acceptors (Lipinski definition) is 3. The zero-order chi connectivity index (χ0) is 55.6. The molecule has 0 saturated carbocycles. The highest BCUT2D eigenvalue weighted by Crippen LogP contribution is 2.43. The van der Waals surface area contributed by atoms with Crippen molar-refractivity contribution >= 4 is 11.0 Å². The molecule has 2 aromatic heterocycles. The van der Waals surface area contributed by atoms with Crippen molar-refractivity contribution in [2.45, 2.75) is 93.2 Å². The summed E-state index contributed by atoms with van der Waals surface area (Å²) >= 11 is 0. The van der Waals surface area contributed by atoms with E-state index < -0.39 is 90.0 Å². The van der Waals surface area contributed by atoms with Crippen LogP contribution in [-0.4, -0.2) is 19.6 Å². The van der Waals surface area contributed by atoms with E-state index >= 15 is 0 Å². The van der Waals surface area contributed by atoms with Gasteiger partial charge in [-0.25, -0.2) is 4.98 Å². The number of imidazole rings is 1. The van der Waals surface area contributed by atoms with Gasteiger partial charge in [0.15, 0.2) is 0 Å². The van der Waals surface area contributed by atoms with Crippen LogP contribution in [0.3, 0.4) is 0 Å². The third-order valence-electron chi connectivity index (χ3n) is 10.9. The summed E-state index contributed by atoms with van der Waals surface area (Å²) in [7, 11) is 0. The first kappa shape index (κ1) is 26.1. The van der Waals surface area contributed by atoms with E-state index in [1.54, 1.807) is 87.7 Å². The minimum absolute atomic E-state index is 0.0538. The molecule has 0 radical (unpaired) electrons. The molecule has 0 aliphatic carbocycles. The maximum atomic E-state index is 11.8. The summed E-state index contributed by atoms with van der Waals surface area (Å²) in [5.74, 6) is -2.09. The molecule has 8 aromatic rings. The summed E-state index contributed by atoms with van der Waals surface area (Å²) in [5.41, 5.74) is 4.76. The Kier molecular flexibility index (Phi) is 6.83. The lowest BCUT2D eigenvalue weighted by Gasteiger charge is -2.22. The molecule has 8 rings (SSSR count). The van der Waals surface area contributed by atoms with Gasteiger partial charge in [0.2, 0.25) is 0 Å². The van der Waals surface area contributed by atoms with E-state index in [0.29, 0.717) is 61.1 Å². The van der Waals surface area contributed by atoms with Gasteiger partial charge in [-0.1, -0.05) is 127 Å². The van der Waals surface area contributed by atoms with Crippen molar-refractivity contribution in [2.24, 2.45) is 0 Å². The fourth-order valence-electron chi connectivity index (χ4n) is 7.84. The Labute approximate surface area is 377 Å². The summed E-state index contributed by atoms with van der Waals surface area (Å²) in [5, 5.41) is 11.8. The van der Waals surface area contributed by atoms with E-state index in [0.717, 1.165) is 11.1 Å². The number of aromatic nitrogens is 3. The molecule has 0 atom stereocenters. The number of fused-ring (bicyclic) bond motifs is 1. The van der Waals surface area contributed by atoms with Crippen LogP contribution in [0.25, 0.3) is 72.7 Å². The van der Waals surface area contributed by atoms with Crippen molar-refractivity contribution < 1.29 is 25.7 Å². The lowest BCUT2D eigenvalue weighted by Crippen LogP contribution is -2.11. The molecule has 0 fully saturated rings. The van der Waals surface area contributed by atoms with Crippen molar-refractivity contribution in [3.8, 4) is 67.5 Å². The average molecular weight is 803 g/mol. The van der Waals surface area contributed by atoms with Crippen molar-refractivity contribution in [1.29, 1.82) is 0 Å². The molecule has 0 spiro atoms. The molecule has 302 valence electrons. The molecular weight excluding hydrogens is 731 g/mol. The maximum Gasteiger partial charge on any atom is 0.149 e. The zero-order valence-electron chi connectivity index (χ0n) is 50.4. The molecule has 0 bridgehead atoms. The predicted octanol–water partition coefficient (Wildman–Crippen LogP) is 15.2. The first-order valence-corrected chi connectivity index (χ1v) is 19.9. The van der Waals surface area contributed by atoms with Crippen LogP contribution < -0.4 is 0 Å². The molecular formula is C56H57N3O. The number of para-hydroxylation sites is 1. The molecule has 6 aromatic carbocycles. The molecule has 1 N–H and O–H groups in total. The Bertz CT molecular complexity index is 3580. The molecule has 60 heavy (non-hydrogen) atoms. The molecule has 4 heteroatoms. The number of phenolic OH excluding ortho intramolecular Hbond substituents is 1. The number of rotatable bonds is 8. The van der Waals surface area contributed by atoms with Crippen LogP contribution in [-0.2, 0) is 5.41 Å². The molecule has 0 aliphatic heterocycles. The third kappa shape index (κ3) is 7.56. The van der Waals surface area contributed by atoms with E-state index in [1.807, 2.05) is 64.1 Å². The highest BCUT2D eigenvalue weighted by atomic mass is 16.3. The predicted molar refractivity (Wildman–Crippen MR) is 254 cm³/mol. The molecule has 0 saturated heterocycles. The smallest absolute Gasteiger partial charge is 0.149 e. The van der Waals surface area contributed by atoms with Gasteiger partial charge in [-0.05, 0) is 154 Å². The first-order chi connectivity index (χ1) is 34.5. The monoisotopic (exact) mass is 803 g/mol. The van der Waals surface area contributed by atoms with Gasteiger partial charge in [0.1, 0.15) is 11.6 Å². The van der Waals surface area contributed by atoms with Crippen LogP contribution in [0.4, 0.5) is 0 Å². The normalized spacial score (nSPS) is 16.3. The van der Waals surface area contributed by atoms with Gasteiger partial charge in [-0.3, -0.25) is 9.55 Å². The topological polar surface area (TPSA) is 50.9 Å². The summed E-state index contributed by atoms with van der Waals surface area (Å²) in [6.07, 6.45) is -0.628. The van der Waals surface area contributed by atoms with Gasteiger partial charge in [-0.15, -0.1) is 0 Å². The number of phenols is 1. The summed E-state index contributed by atoms with van der Waals surface area (Å²) < 4.78 is 133. The van der Waals surface area contributed by atoms with E-state index in [4.69, 9.17) is 24.2 Å². The van der Waals surface area contributed by atoms with Gasteiger partial charge >= 0.3 is 0 Å². The fourth-order valence-corrected chi connectivity index (χ4v) is 7.84. The summed E-state index contributed by atoms with van der Waals surface area (Å²) in [6, 6.07) is 20.6. The Hall–Kier alpha value is -6.26. The van der Waals surface area contributed by atoms with Crippen LogP contribution in [0.2, 0.25) is 0 Å². The quantitative estimate of drug-likeness (QED) is 0.166. The van der Waals surface area contributed by atoms with Crippen LogP contribution in [0.1, 0.15) is 120 Å². The van der Waals surface area contributed by atoms with Crippen LogP contribution in [0.5, 0.6) is 5.75 Å². The maximum absolute atomic E-state index is 11.8. The van der Waals surface area contributed by atoms with Gasteiger partial charge in [0, 0.05) is 28.3 Å². The fraction of sp³-hybridized carbons (Fsp3) is 0.250. The van der Waals surface area contributed by atoms with Gasteiger partial charge in [0.05, 0.1) is 37.6 Å². The van der Waals surface area contributed by atoms with Crippen LogP contribution >= 0.6 is 0 Å².